The van der Waals surface area contributed by atoms with Gasteiger partial charge < -0.3 is 5.11 Å². The fourth-order valence-corrected chi connectivity index (χ4v) is 4.85. The van der Waals surface area contributed by atoms with Crippen LogP contribution in [0.3, 0.4) is 0 Å². The number of carbonyl (C=O) groups is 1. The van der Waals surface area contributed by atoms with Crippen LogP contribution in [0, 0.1) is 0 Å². The molecule has 0 bridgehead atoms. The summed E-state index contributed by atoms with van der Waals surface area (Å²) < 4.78 is 27.2. The smallest absolute Gasteiger partial charge is 0.309 e. The van der Waals surface area contributed by atoms with Gasteiger partial charge in [0.05, 0.1) is 32.8 Å². The monoisotopic (exact) mass is 410 g/mol. The van der Waals surface area contributed by atoms with Gasteiger partial charge in [-0.1, -0.05) is 11.6 Å². The molecule has 0 aliphatic carbocycles. The lowest BCUT2D eigenvalue weighted by molar-refractivity contribution is -0.136. The molecule has 2 aromatic rings. The number of hydrogen-bond acceptors (Lipinski definition) is 5. The predicted molar refractivity (Wildman–Crippen MR) is 83.4 cm³/mol. The van der Waals surface area contributed by atoms with Crippen molar-refractivity contribution in [3.63, 3.8) is 0 Å². The van der Waals surface area contributed by atoms with Crippen LogP contribution in [0.25, 0.3) is 0 Å². The number of carboxylic acids is 1. The highest BCUT2D eigenvalue weighted by Gasteiger charge is 2.19. The molecule has 0 aromatic carbocycles. The third-order valence-electron chi connectivity index (χ3n) is 2.30. The number of rotatable bonds is 5. The van der Waals surface area contributed by atoms with Crippen molar-refractivity contribution in [3.05, 3.63) is 38.9 Å². The van der Waals surface area contributed by atoms with Crippen LogP contribution in [-0.2, 0) is 21.2 Å². The molecule has 2 heterocycles. The van der Waals surface area contributed by atoms with Crippen LogP contribution in [-0.4, -0.2) is 24.5 Å². The molecular formula is C11H8BrClN2O4S2. The Morgan fingerprint density at radius 3 is 2.67 bits per heavy atom. The molecule has 21 heavy (non-hydrogen) atoms. The van der Waals surface area contributed by atoms with Crippen molar-refractivity contribution in [1.29, 1.82) is 0 Å². The van der Waals surface area contributed by atoms with Gasteiger partial charge in [0, 0.05) is 0 Å². The highest BCUT2D eigenvalue weighted by Crippen LogP contribution is 2.35. The fraction of sp³-hybridized carbons (Fsp3) is 0.0909. The maximum absolute atomic E-state index is 12.1. The zero-order valence-corrected chi connectivity index (χ0v) is 14.2. The molecule has 10 heteroatoms. The largest absolute Gasteiger partial charge is 0.481 e. The minimum absolute atomic E-state index is 0.0639. The van der Waals surface area contributed by atoms with E-state index in [1.807, 2.05) is 0 Å². The number of nitrogens with zero attached hydrogens (tertiary/aromatic N) is 1. The Balaban J connectivity index is 2.18. The van der Waals surface area contributed by atoms with E-state index in [0.29, 0.717) is 14.5 Å². The number of sulfonamides is 1. The zero-order chi connectivity index (χ0) is 15.6. The minimum Gasteiger partial charge on any atom is -0.481 e. The van der Waals surface area contributed by atoms with E-state index in [2.05, 4.69) is 25.6 Å². The summed E-state index contributed by atoms with van der Waals surface area (Å²) in [5.74, 6) is -1.01. The molecule has 112 valence electrons. The number of carboxylic acid groups (broad SMARTS) is 1. The van der Waals surface area contributed by atoms with Crippen LogP contribution >= 0.6 is 38.9 Å². The van der Waals surface area contributed by atoms with Crippen LogP contribution < -0.4 is 4.72 Å². The lowest BCUT2D eigenvalue weighted by Gasteiger charge is -2.06. The third kappa shape index (κ3) is 4.16. The van der Waals surface area contributed by atoms with Gasteiger partial charge in [-0.15, -0.1) is 11.3 Å². The molecule has 6 nitrogen and oxygen atoms in total. The summed E-state index contributed by atoms with van der Waals surface area (Å²) in [6.45, 7) is 0. The number of pyridine rings is 1. The van der Waals surface area contributed by atoms with E-state index in [1.165, 1.54) is 24.4 Å². The van der Waals surface area contributed by atoms with Crippen molar-refractivity contribution in [3.8, 4) is 0 Å². The maximum atomic E-state index is 12.1. The summed E-state index contributed by atoms with van der Waals surface area (Å²) >= 11 is 9.95. The van der Waals surface area contributed by atoms with Crippen molar-refractivity contribution < 1.29 is 18.3 Å². The van der Waals surface area contributed by atoms with E-state index in [-0.39, 0.29) is 16.3 Å². The Hall–Kier alpha value is -1.16. The molecule has 0 saturated carbocycles. The predicted octanol–water partition coefficient (Wildman–Crippen LogP) is 2.99. The normalized spacial score (nSPS) is 11.3. The fourth-order valence-electron chi connectivity index (χ4n) is 1.41. The molecule has 0 fully saturated rings. The number of anilines is 1. The van der Waals surface area contributed by atoms with E-state index in [0.717, 1.165) is 11.3 Å². The molecule has 0 atom stereocenters. The second-order valence-corrected chi connectivity index (χ2v) is 8.59. The Labute approximate surface area is 138 Å². The molecule has 0 aliphatic rings. The summed E-state index contributed by atoms with van der Waals surface area (Å²) in [6, 6.07) is 4.24. The van der Waals surface area contributed by atoms with Crippen LogP contribution in [0.15, 0.2) is 32.4 Å². The van der Waals surface area contributed by atoms with Gasteiger partial charge >= 0.3 is 5.97 Å². The van der Waals surface area contributed by atoms with Gasteiger partial charge in [0.15, 0.2) is 0 Å². The first-order chi connectivity index (χ1) is 9.78. The van der Waals surface area contributed by atoms with E-state index < -0.39 is 16.0 Å². The molecule has 0 unspecified atom stereocenters. The third-order valence-corrected chi connectivity index (χ3v) is 6.63. The first-order valence-electron chi connectivity index (χ1n) is 5.42. The summed E-state index contributed by atoms with van der Waals surface area (Å²) in [4.78, 5) is 14.4. The Morgan fingerprint density at radius 2 is 2.19 bits per heavy atom. The molecule has 0 aliphatic heterocycles. The van der Waals surface area contributed by atoms with Crippen LogP contribution in [0.2, 0.25) is 5.02 Å². The van der Waals surface area contributed by atoms with Crippen molar-refractivity contribution in [2.75, 3.05) is 4.72 Å². The van der Waals surface area contributed by atoms with Gasteiger partial charge in [-0.05, 0) is 34.1 Å². The van der Waals surface area contributed by atoms with Gasteiger partial charge in [-0.25, -0.2) is 8.42 Å². The second kappa shape index (κ2) is 6.30. The van der Waals surface area contributed by atoms with Crippen LogP contribution in [0.4, 0.5) is 5.69 Å². The Bertz CT molecular complexity index is 755. The number of thiophene rings is 1. The summed E-state index contributed by atoms with van der Waals surface area (Å²) in [7, 11) is -3.75. The van der Waals surface area contributed by atoms with Gasteiger partial charge in [0.1, 0.15) is 4.21 Å². The average molecular weight is 412 g/mol. The van der Waals surface area contributed by atoms with E-state index >= 15 is 0 Å². The molecule has 2 N–H and O–H groups in total. The Kier molecular flexibility index (Phi) is 4.87. The second-order valence-electron chi connectivity index (χ2n) is 3.90. The van der Waals surface area contributed by atoms with Gasteiger partial charge in [0.25, 0.3) is 10.0 Å². The molecule has 0 saturated heterocycles. The first kappa shape index (κ1) is 16.2. The minimum atomic E-state index is -3.75. The number of aromatic nitrogens is 1. The first-order valence-corrected chi connectivity index (χ1v) is 8.89. The molecule has 2 rings (SSSR count). The van der Waals surface area contributed by atoms with Crippen molar-refractivity contribution in [2.24, 2.45) is 0 Å². The molecular weight excluding hydrogens is 404 g/mol. The maximum Gasteiger partial charge on any atom is 0.309 e. The van der Waals surface area contributed by atoms with Gasteiger partial charge in [-0.3, -0.25) is 14.5 Å². The van der Waals surface area contributed by atoms with Gasteiger partial charge in [-0.2, -0.15) is 0 Å². The van der Waals surface area contributed by atoms with Gasteiger partial charge in [0.2, 0.25) is 0 Å². The zero-order valence-electron chi connectivity index (χ0n) is 10.2. The number of halogens is 2. The number of aliphatic carboxylic acids is 1. The standard InChI is InChI=1S/C11H8BrClN2O4S2/c12-11-8(13)4-10(20-11)21(18,19)15-7-2-1-6(14-5-7)3-9(16)17/h1-2,4-5,15H,3H2,(H,16,17). The lowest BCUT2D eigenvalue weighted by Crippen LogP contribution is -2.12. The molecule has 0 spiro atoms. The number of hydrogen-bond donors (Lipinski definition) is 2. The highest BCUT2D eigenvalue weighted by molar-refractivity contribution is 9.11. The molecule has 0 radical (unpaired) electrons. The van der Waals surface area contributed by atoms with E-state index in [9.17, 15) is 13.2 Å². The number of nitrogens with one attached hydrogen (secondary N) is 1. The average Bonchev–Trinajstić information content (AvgIpc) is 2.72. The van der Waals surface area contributed by atoms with Crippen molar-refractivity contribution in [2.45, 2.75) is 10.6 Å². The summed E-state index contributed by atoms with van der Waals surface area (Å²) in [5.41, 5.74) is 0.581. The SMILES string of the molecule is O=C(O)Cc1ccc(NS(=O)(=O)c2cc(Cl)c(Br)s2)cn1. The Morgan fingerprint density at radius 1 is 1.48 bits per heavy atom. The summed E-state index contributed by atoms with van der Waals surface area (Å²) in [5, 5.41) is 8.95. The van der Waals surface area contributed by atoms with E-state index in [1.54, 1.807) is 0 Å². The molecule has 0 amide bonds. The van der Waals surface area contributed by atoms with Crippen LogP contribution in [0.1, 0.15) is 5.69 Å². The van der Waals surface area contributed by atoms with Crippen LogP contribution in [0.5, 0.6) is 0 Å². The van der Waals surface area contributed by atoms with E-state index in [4.69, 9.17) is 16.7 Å². The highest BCUT2D eigenvalue weighted by atomic mass is 79.9. The van der Waals surface area contributed by atoms with Crippen molar-refractivity contribution >= 4 is 60.5 Å². The topological polar surface area (TPSA) is 96.4 Å². The molecule has 2 aromatic heterocycles. The van der Waals surface area contributed by atoms with Crippen molar-refractivity contribution in [1.82, 2.24) is 4.98 Å². The lowest BCUT2D eigenvalue weighted by atomic mass is 10.3. The summed E-state index contributed by atoms with van der Waals surface area (Å²) in [6.07, 6.45) is 1.04. The quantitative estimate of drug-likeness (QED) is 0.788.